The summed E-state index contributed by atoms with van der Waals surface area (Å²) in [5, 5.41) is 7.23. The first kappa shape index (κ1) is 21.6. The Morgan fingerprint density at radius 3 is 2.48 bits per heavy atom. The van der Waals surface area contributed by atoms with Crippen molar-refractivity contribution in [3.05, 3.63) is 95.1 Å². The Labute approximate surface area is 196 Å². The largest absolute Gasteiger partial charge is 0.494 e. The number of benzene rings is 3. The Bertz CT molecular complexity index is 1120. The molecule has 33 heavy (non-hydrogen) atoms. The molecule has 3 aromatic carbocycles. The predicted octanol–water partition coefficient (Wildman–Crippen LogP) is 7.23. The van der Waals surface area contributed by atoms with Gasteiger partial charge in [-0.3, -0.25) is 0 Å². The van der Waals surface area contributed by atoms with Crippen molar-refractivity contribution < 1.29 is 9.47 Å². The summed E-state index contributed by atoms with van der Waals surface area (Å²) in [7, 11) is 0. The van der Waals surface area contributed by atoms with E-state index < -0.39 is 0 Å². The van der Waals surface area contributed by atoms with E-state index in [0.29, 0.717) is 5.92 Å². The number of fused-ring (bicyclic) bond motifs is 3. The van der Waals surface area contributed by atoms with Gasteiger partial charge in [0.25, 0.3) is 0 Å². The average Bonchev–Trinajstić information content (AvgIpc) is 3.30. The van der Waals surface area contributed by atoms with Crippen LogP contribution < -0.4 is 9.47 Å². The van der Waals surface area contributed by atoms with Gasteiger partial charge in [-0.2, -0.15) is 5.10 Å². The summed E-state index contributed by atoms with van der Waals surface area (Å²) in [5.74, 6) is 2.37. The van der Waals surface area contributed by atoms with Gasteiger partial charge in [0.2, 0.25) is 6.23 Å². The monoisotopic (exact) mass is 440 g/mol. The number of hydrazone groups is 1. The first-order valence-corrected chi connectivity index (χ1v) is 12.1. The maximum absolute atomic E-state index is 6.49. The number of hydrogen-bond acceptors (Lipinski definition) is 4. The fourth-order valence-corrected chi connectivity index (χ4v) is 4.55. The second-order valence-corrected chi connectivity index (χ2v) is 9.20. The summed E-state index contributed by atoms with van der Waals surface area (Å²) >= 11 is 0. The molecule has 4 nitrogen and oxygen atoms in total. The van der Waals surface area contributed by atoms with Gasteiger partial charge in [0, 0.05) is 17.5 Å². The van der Waals surface area contributed by atoms with E-state index in [1.54, 1.807) is 0 Å². The van der Waals surface area contributed by atoms with Crippen LogP contribution in [0.25, 0.3) is 0 Å². The fraction of sp³-hybridized carbons (Fsp3) is 0.345. The van der Waals surface area contributed by atoms with Gasteiger partial charge in [0.05, 0.1) is 18.4 Å². The molecule has 2 aliphatic rings. The van der Waals surface area contributed by atoms with Crippen molar-refractivity contribution in [1.82, 2.24) is 5.01 Å². The maximum atomic E-state index is 6.49. The molecule has 2 atom stereocenters. The van der Waals surface area contributed by atoms with Gasteiger partial charge in [0.1, 0.15) is 11.5 Å². The number of hydrogen-bond donors (Lipinski definition) is 0. The number of rotatable bonds is 7. The second-order valence-electron chi connectivity index (χ2n) is 9.20. The smallest absolute Gasteiger partial charge is 0.213 e. The van der Waals surface area contributed by atoms with E-state index in [1.165, 1.54) is 11.1 Å². The van der Waals surface area contributed by atoms with Crippen LogP contribution in [-0.4, -0.2) is 17.3 Å². The molecule has 0 fully saturated rings. The molecule has 0 saturated heterocycles. The standard InChI is InChI=1S/C29H32N2O2/c1-4-5-18-32-24-16-14-22(15-17-24)26-19-27-25-8-6-7-9-28(25)33-29(31(27)30-26)23-12-10-21(11-13-23)20(2)3/h6-17,20,27,29H,4-5,18-19H2,1-3H3/t27-,29-/m1/s1. The summed E-state index contributed by atoms with van der Waals surface area (Å²) in [6, 6.07) is 25.6. The zero-order valence-corrected chi connectivity index (χ0v) is 19.7. The van der Waals surface area contributed by atoms with Crippen molar-refractivity contribution in [3.8, 4) is 11.5 Å². The molecule has 4 heteroatoms. The van der Waals surface area contributed by atoms with E-state index >= 15 is 0 Å². The quantitative estimate of drug-likeness (QED) is 0.363. The Hall–Kier alpha value is -3.27. The SMILES string of the molecule is CCCCOc1ccc(C2=NN3[C@H](C2)c2ccccc2O[C@@H]3c2ccc(C(C)C)cc2)cc1. The summed E-state index contributed by atoms with van der Waals surface area (Å²) in [4.78, 5) is 0. The average molecular weight is 441 g/mol. The number of ether oxygens (including phenoxy) is 2. The van der Waals surface area contributed by atoms with Crippen LogP contribution in [0.15, 0.2) is 77.9 Å². The molecular weight excluding hydrogens is 408 g/mol. The van der Waals surface area contributed by atoms with Gasteiger partial charge in [-0.15, -0.1) is 0 Å². The molecule has 2 heterocycles. The molecule has 0 spiro atoms. The minimum Gasteiger partial charge on any atom is -0.494 e. The van der Waals surface area contributed by atoms with Crippen LogP contribution in [0.2, 0.25) is 0 Å². The van der Waals surface area contributed by atoms with Gasteiger partial charge in [-0.25, -0.2) is 5.01 Å². The Balaban J connectivity index is 1.44. The van der Waals surface area contributed by atoms with Crippen LogP contribution in [-0.2, 0) is 0 Å². The fourth-order valence-electron chi connectivity index (χ4n) is 4.55. The number of nitrogens with zero attached hydrogens (tertiary/aromatic N) is 2. The van der Waals surface area contributed by atoms with Crippen molar-refractivity contribution in [3.63, 3.8) is 0 Å². The van der Waals surface area contributed by atoms with Gasteiger partial charge in [0.15, 0.2) is 0 Å². The Morgan fingerprint density at radius 2 is 1.76 bits per heavy atom. The lowest BCUT2D eigenvalue weighted by molar-refractivity contribution is -0.0190. The summed E-state index contributed by atoms with van der Waals surface area (Å²) in [5.41, 5.74) is 5.88. The van der Waals surface area contributed by atoms with Crippen molar-refractivity contribution in [2.24, 2.45) is 5.10 Å². The van der Waals surface area contributed by atoms with Crippen LogP contribution in [0, 0.1) is 0 Å². The molecule has 3 aromatic rings. The molecule has 0 bridgehead atoms. The third kappa shape index (κ3) is 4.35. The maximum Gasteiger partial charge on any atom is 0.213 e. The van der Waals surface area contributed by atoms with Crippen LogP contribution in [0.3, 0.4) is 0 Å². The first-order chi connectivity index (χ1) is 16.1. The van der Waals surface area contributed by atoms with E-state index in [9.17, 15) is 0 Å². The molecule has 0 unspecified atom stereocenters. The summed E-state index contributed by atoms with van der Waals surface area (Å²) in [6.07, 6.45) is 2.83. The van der Waals surface area contributed by atoms with Crippen LogP contribution in [0.1, 0.15) is 80.5 Å². The highest BCUT2D eigenvalue weighted by Gasteiger charge is 2.40. The molecule has 0 N–H and O–H groups in total. The van der Waals surface area contributed by atoms with E-state index in [1.807, 2.05) is 6.07 Å². The lowest BCUT2D eigenvalue weighted by Gasteiger charge is -2.38. The third-order valence-corrected chi connectivity index (χ3v) is 6.54. The molecular formula is C29H32N2O2. The second kappa shape index (κ2) is 9.30. The molecule has 2 aliphatic heterocycles. The predicted molar refractivity (Wildman–Crippen MR) is 133 cm³/mol. The minimum atomic E-state index is -0.236. The first-order valence-electron chi connectivity index (χ1n) is 12.1. The topological polar surface area (TPSA) is 34.1 Å². The third-order valence-electron chi connectivity index (χ3n) is 6.54. The van der Waals surface area contributed by atoms with Crippen molar-refractivity contribution in [1.29, 1.82) is 0 Å². The molecule has 0 aromatic heterocycles. The van der Waals surface area contributed by atoms with Crippen LogP contribution in [0.5, 0.6) is 11.5 Å². The Kier molecular flexibility index (Phi) is 6.08. The number of para-hydroxylation sites is 1. The molecule has 0 saturated carbocycles. The Morgan fingerprint density at radius 1 is 1.00 bits per heavy atom. The summed E-state index contributed by atoms with van der Waals surface area (Å²) in [6.45, 7) is 7.37. The zero-order chi connectivity index (χ0) is 22.8. The van der Waals surface area contributed by atoms with Gasteiger partial charge >= 0.3 is 0 Å². The molecule has 170 valence electrons. The number of unbranched alkanes of at least 4 members (excludes halogenated alkanes) is 1. The highest BCUT2D eigenvalue weighted by molar-refractivity contribution is 6.02. The van der Waals surface area contributed by atoms with Gasteiger partial charge in [-0.1, -0.05) is 69.7 Å². The van der Waals surface area contributed by atoms with E-state index in [0.717, 1.165) is 54.2 Å². The van der Waals surface area contributed by atoms with Crippen molar-refractivity contribution in [2.45, 2.75) is 58.2 Å². The highest BCUT2D eigenvalue weighted by atomic mass is 16.5. The normalized spacial score (nSPS) is 19.0. The molecule has 0 aliphatic carbocycles. The summed E-state index contributed by atoms with van der Waals surface area (Å²) < 4.78 is 12.3. The van der Waals surface area contributed by atoms with E-state index in [4.69, 9.17) is 14.6 Å². The lowest BCUT2D eigenvalue weighted by atomic mass is 9.95. The van der Waals surface area contributed by atoms with Gasteiger partial charge in [-0.05, 0) is 53.8 Å². The molecule has 0 radical (unpaired) electrons. The van der Waals surface area contributed by atoms with Gasteiger partial charge < -0.3 is 9.47 Å². The minimum absolute atomic E-state index is 0.167. The van der Waals surface area contributed by atoms with E-state index in [2.05, 4.69) is 92.5 Å². The zero-order valence-electron chi connectivity index (χ0n) is 19.7. The van der Waals surface area contributed by atoms with Crippen molar-refractivity contribution in [2.75, 3.05) is 6.61 Å². The van der Waals surface area contributed by atoms with E-state index in [-0.39, 0.29) is 12.3 Å². The van der Waals surface area contributed by atoms with Crippen LogP contribution >= 0.6 is 0 Å². The van der Waals surface area contributed by atoms with Crippen molar-refractivity contribution >= 4 is 5.71 Å². The molecule has 0 amide bonds. The van der Waals surface area contributed by atoms with Crippen LogP contribution in [0.4, 0.5) is 0 Å². The lowest BCUT2D eigenvalue weighted by Crippen LogP contribution is -2.33. The molecule has 5 rings (SSSR count). The highest BCUT2D eigenvalue weighted by Crippen LogP contribution is 2.47.